The van der Waals surface area contributed by atoms with Crippen LogP contribution in [0.15, 0.2) is 41.3 Å². The SMILES string of the molecule is COc1ccc(C(=O)O)cc1S(=O)(=O)Nc1ccc(N2CCCC2)c(F)c1. The number of carbonyl (C=O) groups is 1. The van der Waals surface area contributed by atoms with E-state index in [9.17, 15) is 17.6 Å². The first kappa shape index (κ1) is 19.0. The highest BCUT2D eigenvalue weighted by Gasteiger charge is 2.23. The molecule has 9 heteroatoms. The van der Waals surface area contributed by atoms with Crippen LogP contribution < -0.4 is 14.4 Å². The number of carboxylic acids is 1. The number of carboxylic acid groups (broad SMARTS) is 1. The number of rotatable bonds is 6. The third-order valence-electron chi connectivity index (χ3n) is 4.35. The molecule has 1 heterocycles. The minimum atomic E-state index is -4.18. The van der Waals surface area contributed by atoms with E-state index in [0.717, 1.165) is 38.1 Å². The van der Waals surface area contributed by atoms with E-state index in [4.69, 9.17) is 9.84 Å². The fraction of sp³-hybridized carbons (Fsp3) is 0.278. The van der Waals surface area contributed by atoms with Gasteiger partial charge in [0.15, 0.2) is 0 Å². The van der Waals surface area contributed by atoms with Crippen LogP contribution in [0.1, 0.15) is 23.2 Å². The van der Waals surface area contributed by atoms with E-state index in [2.05, 4.69) is 4.72 Å². The van der Waals surface area contributed by atoms with E-state index in [1.165, 1.54) is 31.4 Å². The van der Waals surface area contributed by atoms with E-state index in [1.54, 1.807) is 0 Å². The van der Waals surface area contributed by atoms with E-state index < -0.39 is 21.8 Å². The zero-order chi connectivity index (χ0) is 19.6. The summed E-state index contributed by atoms with van der Waals surface area (Å²) in [7, 11) is -2.90. The van der Waals surface area contributed by atoms with Gasteiger partial charge in [-0.1, -0.05) is 0 Å². The molecular weight excluding hydrogens is 375 g/mol. The van der Waals surface area contributed by atoms with Crippen LogP contribution in [0.5, 0.6) is 5.75 Å². The highest BCUT2D eigenvalue weighted by molar-refractivity contribution is 7.92. The molecule has 0 atom stereocenters. The van der Waals surface area contributed by atoms with Gasteiger partial charge in [0.2, 0.25) is 0 Å². The second-order valence-corrected chi connectivity index (χ2v) is 7.79. The summed E-state index contributed by atoms with van der Waals surface area (Å²) < 4.78 is 47.1. The van der Waals surface area contributed by atoms with Crippen LogP contribution in [0.25, 0.3) is 0 Å². The van der Waals surface area contributed by atoms with Gasteiger partial charge in [-0.15, -0.1) is 0 Å². The van der Waals surface area contributed by atoms with Crippen molar-refractivity contribution in [1.29, 1.82) is 0 Å². The van der Waals surface area contributed by atoms with Crippen LogP contribution in [-0.4, -0.2) is 39.7 Å². The molecule has 1 aliphatic heterocycles. The summed E-state index contributed by atoms with van der Waals surface area (Å²) in [4.78, 5) is 12.7. The van der Waals surface area contributed by atoms with Crippen LogP contribution in [0.3, 0.4) is 0 Å². The summed E-state index contributed by atoms with van der Waals surface area (Å²) in [5.41, 5.74) is 0.269. The van der Waals surface area contributed by atoms with E-state index in [1.807, 2.05) is 4.90 Å². The minimum absolute atomic E-state index is 0.0124. The van der Waals surface area contributed by atoms with Gasteiger partial charge in [-0.25, -0.2) is 17.6 Å². The Labute approximate surface area is 156 Å². The van der Waals surface area contributed by atoms with Crippen molar-refractivity contribution < 1.29 is 27.4 Å². The smallest absolute Gasteiger partial charge is 0.335 e. The maximum absolute atomic E-state index is 14.4. The van der Waals surface area contributed by atoms with Crippen molar-refractivity contribution in [2.45, 2.75) is 17.7 Å². The lowest BCUT2D eigenvalue weighted by Crippen LogP contribution is -2.19. The molecule has 1 saturated heterocycles. The van der Waals surface area contributed by atoms with Crippen LogP contribution in [0, 0.1) is 5.82 Å². The van der Waals surface area contributed by atoms with Gasteiger partial charge in [0.05, 0.1) is 24.0 Å². The molecule has 0 saturated carbocycles. The van der Waals surface area contributed by atoms with Crippen molar-refractivity contribution >= 4 is 27.4 Å². The normalized spacial score (nSPS) is 14.2. The lowest BCUT2D eigenvalue weighted by Gasteiger charge is -2.19. The fourth-order valence-corrected chi connectivity index (χ4v) is 4.26. The molecule has 3 rings (SSSR count). The average molecular weight is 394 g/mol. The quantitative estimate of drug-likeness (QED) is 0.782. The lowest BCUT2D eigenvalue weighted by molar-refractivity contribution is 0.0696. The zero-order valence-corrected chi connectivity index (χ0v) is 15.4. The monoisotopic (exact) mass is 394 g/mol. The standard InChI is InChI=1S/C18H19FN2O5S/c1-26-16-7-4-12(18(22)23)10-17(16)27(24,25)20-13-5-6-15(14(19)11-13)21-8-2-3-9-21/h4-7,10-11,20H,2-3,8-9H2,1H3,(H,22,23). The lowest BCUT2D eigenvalue weighted by atomic mass is 10.2. The number of benzene rings is 2. The molecule has 0 radical (unpaired) electrons. The molecule has 1 aliphatic rings. The summed E-state index contributed by atoms with van der Waals surface area (Å²) in [5, 5.41) is 9.09. The van der Waals surface area contributed by atoms with Crippen molar-refractivity contribution in [3.8, 4) is 5.75 Å². The molecule has 0 amide bonds. The number of anilines is 2. The van der Waals surface area contributed by atoms with Crippen LogP contribution in [-0.2, 0) is 10.0 Å². The van der Waals surface area contributed by atoms with Crippen molar-refractivity contribution in [2.24, 2.45) is 0 Å². The van der Waals surface area contributed by atoms with Gasteiger partial charge >= 0.3 is 5.97 Å². The predicted molar refractivity (Wildman–Crippen MR) is 98.6 cm³/mol. The Morgan fingerprint density at radius 2 is 1.89 bits per heavy atom. The van der Waals surface area contributed by atoms with Crippen molar-refractivity contribution in [2.75, 3.05) is 29.8 Å². The first-order valence-corrected chi connectivity index (χ1v) is 9.79. The van der Waals surface area contributed by atoms with E-state index in [0.29, 0.717) is 5.69 Å². The molecular formula is C18H19FN2O5S. The van der Waals surface area contributed by atoms with Gasteiger partial charge in [0.25, 0.3) is 10.0 Å². The summed E-state index contributed by atoms with van der Waals surface area (Å²) in [5.74, 6) is -1.81. The van der Waals surface area contributed by atoms with Crippen LogP contribution in [0.2, 0.25) is 0 Å². The van der Waals surface area contributed by atoms with Crippen molar-refractivity contribution in [3.63, 3.8) is 0 Å². The van der Waals surface area contributed by atoms with Crippen LogP contribution >= 0.6 is 0 Å². The summed E-state index contributed by atoms with van der Waals surface area (Å²) in [6, 6.07) is 7.61. The molecule has 1 fully saturated rings. The number of methoxy groups -OCH3 is 1. The maximum atomic E-state index is 14.4. The van der Waals surface area contributed by atoms with Crippen molar-refractivity contribution in [3.05, 3.63) is 47.8 Å². The number of ether oxygens (including phenoxy) is 1. The Balaban J connectivity index is 1.91. The molecule has 0 unspecified atom stereocenters. The topological polar surface area (TPSA) is 95.9 Å². The second-order valence-electron chi connectivity index (χ2n) is 6.14. The third-order valence-corrected chi connectivity index (χ3v) is 5.75. The Morgan fingerprint density at radius 1 is 1.19 bits per heavy atom. The van der Waals surface area contributed by atoms with Crippen molar-refractivity contribution in [1.82, 2.24) is 0 Å². The first-order chi connectivity index (χ1) is 12.8. The molecule has 2 N–H and O–H groups in total. The number of sulfonamides is 1. The van der Waals surface area contributed by atoms with Gasteiger partial charge in [-0.3, -0.25) is 4.72 Å². The Kier molecular flexibility index (Phi) is 5.22. The largest absolute Gasteiger partial charge is 0.495 e. The molecule has 0 aliphatic carbocycles. The third kappa shape index (κ3) is 3.97. The molecule has 0 spiro atoms. The highest BCUT2D eigenvalue weighted by atomic mass is 32.2. The van der Waals surface area contributed by atoms with Gasteiger partial charge in [0.1, 0.15) is 16.5 Å². The molecule has 0 aromatic heterocycles. The van der Waals surface area contributed by atoms with Gasteiger partial charge in [0, 0.05) is 19.2 Å². The summed E-state index contributed by atoms with van der Waals surface area (Å²) in [6.45, 7) is 1.53. The highest BCUT2D eigenvalue weighted by Crippen LogP contribution is 2.30. The van der Waals surface area contributed by atoms with E-state index in [-0.39, 0.29) is 21.9 Å². The van der Waals surface area contributed by atoms with E-state index >= 15 is 0 Å². The second kappa shape index (κ2) is 7.43. The fourth-order valence-electron chi connectivity index (χ4n) is 3.01. The molecule has 27 heavy (non-hydrogen) atoms. The summed E-state index contributed by atoms with van der Waals surface area (Å²) in [6.07, 6.45) is 1.99. The summed E-state index contributed by atoms with van der Waals surface area (Å²) >= 11 is 0. The molecule has 7 nitrogen and oxygen atoms in total. The first-order valence-electron chi connectivity index (χ1n) is 8.30. The Bertz CT molecular complexity index is 972. The molecule has 144 valence electrons. The number of aromatic carboxylic acids is 1. The number of nitrogens with one attached hydrogen (secondary N) is 1. The molecule has 2 aromatic carbocycles. The van der Waals surface area contributed by atoms with Gasteiger partial charge in [-0.2, -0.15) is 0 Å². The zero-order valence-electron chi connectivity index (χ0n) is 14.6. The predicted octanol–water partition coefficient (Wildman–Crippen LogP) is 2.93. The molecule has 0 bridgehead atoms. The number of hydrogen-bond donors (Lipinski definition) is 2. The van der Waals surface area contributed by atoms with Crippen LogP contribution in [0.4, 0.5) is 15.8 Å². The minimum Gasteiger partial charge on any atom is -0.495 e. The maximum Gasteiger partial charge on any atom is 0.335 e. The number of nitrogens with zero attached hydrogens (tertiary/aromatic N) is 1. The number of hydrogen-bond acceptors (Lipinski definition) is 5. The number of halogens is 1. The van der Waals surface area contributed by atoms with Gasteiger partial charge in [-0.05, 0) is 43.2 Å². The Morgan fingerprint density at radius 3 is 2.48 bits per heavy atom. The van der Waals surface area contributed by atoms with Gasteiger partial charge < -0.3 is 14.7 Å². The average Bonchev–Trinajstić information content (AvgIpc) is 3.15. The molecule has 2 aromatic rings. The Hall–Kier alpha value is -2.81.